The molecule has 0 unspecified atom stereocenters. The van der Waals surface area contributed by atoms with Gasteiger partial charge in [-0.3, -0.25) is 0 Å². The lowest BCUT2D eigenvalue weighted by Gasteiger charge is -2.35. The summed E-state index contributed by atoms with van der Waals surface area (Å²) in [6.07, 6.45) is 0. The van der Waals surface area contributed by atoms with Crippen molar-refractivity contribution < 1.29 is 4.42 Å². The molecule has 1 spiro atoms. The molecule has 14 rings (SSSR count). The van der Waals surface area contributed by atoms with Crippen molar-refractivity contribution in [2.24, 2.45) is 0 Å². The highest BCUT2D eigenvalue weighted by Gasteiger charge is 2.50. The molecule has 2 aromatic heterocycles. The molecule has 12 aromatic rings. The molecule has 4 heteroatoms. The van der Waals surface area contributed by atoms with Crippen LogP contribution in [-0.4, -0.2) is 15.0 Å². The zero-order valence-electron chi connectivity index (χ0n) is 36.8. The van der Waals surface area contributed by atoms with Crippen molar-refractivity contribution in [2.75, 3.05) is 0 Å². The minimum absolute atomic E-state index is 0.600. The van der Waals surface area contributed by atoms with Crippen LogP contribution in [0, 0.1) is 0 Å². The van der Waals surface area contributed by atoms with Crippen LogP contribution in [0.2, 0.25) is 0 Å². The van der Waals surface area contributed by atoms with E-state index in [1.807, 2.05) is 6.07 Å². The second kappa shape index (κ2) is 15.0. The molecule has 0 atom stereocenters. The monoisotopic (exact) mass is 866 g/mol. The molecule has 2 aliphatic rings. The van der Waals surface area contributed by atoms with E-state index in [-0.39, 0.29) is 0 Å². The maximum Gasteiger partial charge on any atom is 0.269 e. The largest absolute Gasteiger partial charge is 0.545 e. The van der Waals surface area contributed by atoms with Crippen molar-refractivity contribution in [3.05, 3.63) is 259 Å². The van der Waals surface area contributed by atoms with Gasteiger partial charge in [-0.05, 0) is 114 Å². The average Bonchev–Trinajstić information content (AvgIpc) is 3.91. The van der Waals surface area contributed by atoms with E-state index in [0.717, 1.165) is 66.4 Å². The molecular formula is C64H40N3O+. The SMILES string of the molecule is c1ccc(-c2cc(-c3ccccc3)cc(-c3nc(-c4ccc5[oH+]c6ccccc6c5c4)nc(-c4cccc5c4-c4ccccc4C54c5ccccc5-c5ccccc5-c5ccccc54)n3)c2)cc1. The number of nitrogens with zero attached hydrogens (tertiary/aromatic N) is 3. The number of hydrogen-bond donors (Lipinski definition) is 0. The van der Waals surface area contributed by atoms with E-state index in [0.29, 0.717) is 17.5 Å². The molecule has 4 nitrogen and oxygen atoms in total. The molecule has 316 valence electrons. The number of fused-ring (bicyclic) bond motifs is 15. The third-order valence-corrected chi connectivity index (χ3v) is 14.2. The summed E-state index contributed by atoms with van der Waals surface area (Å²) in [5.41, 5.74) is 20.7. The van der Waals surface area contributed by atoms with E-state index >= 15 is 0 Å². The third-order valence-electron chi connectivity index (χ3n) is 14.2. The predicted molar refractivity (Wildman–Crippen MR) is 277 cm³/mol. The molecule has 0 radical (unpaired) electrons. The summed E-state index contributed by atoms with van der Waals surface area (Å²) >= 11 is 0. The Morgan fingerprint density at radius 3 is 1.37 bits per heavy atom. The van der Waals surface area contributed by atoms with Crippen LogP contribution >= 0.6 is 0 Å². The van der Waals surface area contributed by atoms with Gasteiger partial charge >= 0.3 is 0 Å². The number of hydrogen-bond acceptors (Lipinski definition) is 3. The second-order valence-electron chi connectivity index (χ2n) is 17.9. The second-order valence-corrected chi connectivity index (χ2v) is 17.9. The Kier molecular flexibility index (Phi) is 8.46. The first kappa shape index (κ1) is 38.3. The van der Waals surface area contributed by atoms with Crippen LogP contribution < -0.4 is 0 Å². The summed E-state index contributed by atoms with van der Waals surface area (Å²) in [5, 5.41) is 2.18. The highest BCUT2D eigenvalue weighted by atomic mass is 16.3. The Labute approximate surface area is 393 Å². The van der Waals surface area contributed by atoms with Gasteiger partial charge in [-0.15, -0.1) is 0 Å². The van der Waals surface area contributed by atoms with Gasteiger partial charge in [0.15, 0.2) is 17.5 Å². The standard InChI is InChI=1S/C64H39N3O/c1-3-18-40(19-4-1)43-36-44(41-20-5-2-6-21-41)38-45(37-43)62-65-61(42-34-35-59-53(39-42)50-26-12-16-33-58(50)68-59)66-63(67-62)52-28-17-32-57-60(52)51-27-11-15-31-56(51)64(57)54-29-13-9-24-48(54)46-22-7-8-23-47(46)49-25-10-14-30-55(49)64/h1-39H/p+1. The van der Waals surface area contributed by atoms with Crippen LogP contribution in [0.25, 0.3) is 112 Å². The molecule has 0 fully saturated rings. The molecule has 10 aromatic carbocycles. The molecule has 2 heterocycles. The van der Waals surface area contributed by atoms with E-state index in [1.54, 1.807) is 0 Å². The first-order chi connectivity index (χ1) is 33.7. The first-order valence-electron chi connectivity index (χ1n) is 23.2. The summed E-state index contributed by atoms with van der Waals surface area (Å²) in [6, 6.07) is 85.1. The Morgan fingerprint density at radius 1 is 0.265 bits per heavy atom. The first-order valence-corrected chi connectivity index (χ1v) is 23.2. The number of benzene rings is 10. The minimum Gasteiger partial charge on any atom is -0.545 e. The Hall–Kier alpha value is -8.99. The number of furan rings is 1. The average molecular weight is 867 g/mol. The summed E-state index contributed by atoms with van der Waals surface area (Å²) in [7, 11) is 0. The Morgan fingerprint density at radius 2 is 0.721 bits per heavy atom. The minimum atomic E-state index is -0.641. The van der Waals surface area contributed by atoms with E-state index < -0.39 is 5.41 Å². The lowest BCUT2D eigenvalue weighted by atomic mass is 9.66. The van der Waals surface area contributed by atoms with E-state index in [1.165, 1.54) is 50.1 Å². The Bertz CT molecular complexity index is 3860. The third kappa shape index (κ3) is 5.71. The molecular weight excluding hydrogens is 827 g/mol. The normalized spacial score (nSPS) is 12.8. The fourth-order valence-corrected chi connectivity index (χ4v) is 11.3. The summed E-state index contributed by atoms with van der Waals surface area (Å²) in [4.78, 5) is 16.5. The van der Waals surface area contributed by atoms with Gasteiger partial charge < -0.3 is 4.42 Å². The molecule has 2 aliphatic carbocycles. The lowest BCUT2D eigenvalue weighted by Crippen LogP contribution is -2.29. The molecule has 0 amide bonds. The van der Waals surface area contributed by atoms with Crippen molar-refractivity contribution in [1.29, 1.82) is 0 Å². The van der Waals surface area contributed by atoms with Gasteiger partial charge in [0.25, 0.3) is 11.2 Å². The van der Waals surface area contributed by atoms with Crippen LogP contribution in [0.4, 0.5) is 0 Å². The van der Waals surface area contributed by atoms with Gasteiger partial charge in [0.1, 0.15) is 0 Å². The van der Waals surface area contributed by atoms with Crippen molar-refractivity contribution in [3.8, 4) is 89.8 Å². The van der Waals surface area contributed by atoms with E-state index in [9.17, 15) is 0 Å². The maximum absolute atomic E-state index is 5.56. The molecule has 1 N–H and O–H groups in total. The van der Waals surface area contributed by atoms with Gasteiger partial charge in [0, 0.05) is 28.8 Å². The summed E-state index contributed by atoms with van der Waals surface area (Å²) in [6.45, 7) is 0. The number of rotatable bonds is 5. The van der Waals surface area contributed by atoms with Crippen molar-refractivity contribution in [1.82, 2.24) is 15.0 Å². The molecule has 0 aliphatic heterocycles. The van der Waals surface area contributed by atoms with Gasteiger partial charge in [0.05, 0.1) is 16.2 Å². The highest BCUT2D eigenvalue weighted by molar-refractivity contribution is 6.06. The number of aromatic nitrogens is 3. The zero-order valence-corrected chi connectivity index (χ0v) is 36.8. The van der Waals surface area contributed by atoms with Crippen LogP contribution in [-0.2, 0) is 5.41 Å². The van der Waals surface area contributed by atoms with Crippen LogP contribution in [0.1, 0.15) is 22.3 Å². The van der Waals surface area contributed by atoms with Crippen molar-refractivity contribution in [3.63, 3.8) is 0 Å². The van der Waals surface area contributed by atoms with Crippen molar-refractivity contribution >= 4 is 21.9 Å². The number of para-hydroxylation sites is 1. The predicted octanol–water partition coefficient (Wildman–Crippen LogP) is 16.2. The van der Waals surface area contributed by atoms with Gasteiger partial charge in [0.2, 0.25) is 0 Å². The molecule has 0 bridgehead atoms. The maximum atomic E-state index is 5.56. The Balaban J connectivity index is 1.06. The van der Waals surface area contributed by atoms with E-state index in [2.05, 4.69) is 231 Å². The van der Waals surface area contributed by atoms with Crippen molar-refractivity contribution in [2.45, 2.75) is 5.41 Å². The van der Waals surface area contributed by atoms with Crippen LogP contribution in [0.3, 0.4) is 0 Å². The smallest absolute Gasteiger partial charge is 0.269 e. The van der Waals surface area contributed by atoms with E-state index in [4.69, 9.17) is 19.4 Å². The van der Waals surface area contributed by atoms with Crippen LogP contribution in [0.15, 0.2) is 241 Å². The highest BCUT2D eigenvalue weighted by Crippen LogP contribution is 2.62. The quantitative estimate of drug-likeness (QED) is 0.162. The summed E-state index contributed by atoms with van der Waals surface area (Å²) in [5.74, 6) is 1.82. The molecule has 0 saturated heterocycles. The van der Waals surface area contributed by atoms with Gasteiger partial charge in [-0.2, -0.15) is 0 Å². The lowest BCUT2D eigenvalue weighted by molar-refractivity contribution is 0.669. The van der Waals surface area contributed by atoms with Crippen LogP contribution in [0.5, 0.6) is 0 Å². The zero-order chi connectivity index (χ0) is 44.8. The molecule has 68 heavy (non-hydrogen) atoms. The molecule has 0 saturated carbocycles. The topological polar surface area (TPSA) is 51.5 Å². The fraction of sp³-hybridized carbons (Fsp3) is 0.0156. The van der Waals surface area contributed by atoms with Gasteiger partial charge in [-0.25, -0.2) is 15.0 Å². The fourth-order valence-electron chi connectivity index (χ4n) is 11.3. The summed E-state index contributed by atoms with van der Waals surface area (Å²) < 4.78 is 4.96. The van der Waals surface area contributed by atoms with Gasteiger partial charge in [-0.1, -0.05) is 188 Å².